The molecule has 2 fully saturated rings. The monoisotopic (exact) mass is 518 g/mol. The highest BCUT2D eigenvalue weighted by Gasteiger charge is 2.36. The zero-order chi connectivity index (χ0) is 26.2. The number of alkyl halides is 4. The molecule has 5 rings (SSSR count). The van der Waals surface area contributed by atoms with Gasteiger partial charge in [0.15, 0.2) is 0 Å². The van der Waals surface area contributed by atoms with E-state index < -0.39 is 23.9 Å². The molecule has 2 heterocycles. The number of benzene rings is 2. The van der Waals surface area contributed by atoms with Gasteiger partial charge in [0, 0.05) is 41.6 Å². The molecule has 1 unspecified atom stereocenters. The lowest BCUT2D eigenvalue weighted by Crippen LogP contribution is -2.35. The summed E-state index contributed by atoms with van der Waals surface area (Å²) in [5, 5.41) is 16.4. The van der Waals surface area contributed by atoms with Gasteiger partial charge in [0.05, 0.1) is 11.5 Å². The first-order valence-electron chi connectivity index (χ1n) is 12.2. The number of carbonyl (C=O) groups is 1. The van der Waals surface area contributed by atoms with Crippen molar-refractivity contribution in [2.75, 3.05) is 23.3 Å². The van der Waals surface area contributed by atoms with Gasteiger partial charge in [-0.05, 0) is 74.6 Å². The Morgan fingerprint density at radius 3 is 2.38 bits per heavy atom. The topological polar surface area (TPSA) is 91.5 Å². The van der Waals surface area contributed by atoms with E-state index in [1.165, 1.54) is 12.1 Å². The second kappa shape index (κ2) is 10.0. The number of carboxylic acid groups (broad SMARTS) is 1. The van der Waals surface area contributed by atoms with Gasteiger partial charge < -0.3 is 19.8 Å². The molecule has 1 aromatic heterocycles. The zero-order valence-corrected chi connectivity index (χ0v) is 19.8. The SMILES string of the molecule is O=C(O)[C@@H]1CCC(Nc2ccc(-c3nc(-c4ccc(N5CCC(F)CC5)c(C(F)(F)F)c4)no3)cc2)C1. The zero-order valence-electron chi connectivity index (χ0n) is 19.8. The summed E-state index contributed by atoms with van der Waals surface area (Å²) >= 11 is 0. The van der Waals surface area contributed by atoms with E-state index in [1.54, 1.807) is 17.0 Å². The van der Waals surface area contributed by atoms with E-state index in [2.05, 4.69) is 15.5 Å². The Labute approximate surface area is 210 Å². The van der Waals surface area contributed by atoms with Crippen LogP contribution in [0.5, 0.6) is 0 Å². The van der Waals surface area contributed by atoms with Crippen LogP contribution in [0, 0.1) is 5.92 Å². The number of carboxylic acids is 1. The van der Waals surface area contributed by atoms with E-state index in [1.807, 2.05) is 12.1 Å². The number of aliphatic carboxylic acids is 1. The Morgan fingerprint density at radius 2 is 1.73 bits per heavy atom. The molecule has 1 aliphatic heterocycles. The van der Waals surface area contributed by atoms with E-state index >= 15 is 0 Å². The van der Waals surface area contributed by atoms with Gasteiger partial charge in [0.1, 0.15) is 6.17 Å². The van der Waals surface area contributed by atoms with Crippen LogP contribution >= 0.6 is 0 Å². The van der Waals surface area contributed by atoms with Crippen LogP contribution < -0.4 is 10.2 Å². The maximum atomic E-state index is 13.9. The van der Waals surface area contributed by atoms with Crippen molar-refractivity contribution in [1.29, 1.82) is 0 Å². The molecule has 196 valence electrons. The standard InChI is InChI=1S/C26H26F4N4O3/c27-18-9-11-34(12-10-18)22-8-4-16(14-21(22)26(28,29)30)23-32-24(37-33-23)15-1-5-19(6-2-15)31-20-7-3-17(13-20)25(35)36/h1-2,4-6,8,14,17-18,20,31H,3,7,9-13H2,(H,35,36)/t17-,20?/m1/s1. The van der Waals surface area contributed by atoms with E-state index in [0.717, 1.165) is 18.2 Å². The van der Waals surface area contributed by atoms with Crippen LogP contribution in [0.3, 0.4) is 0 Å². The number of hydrogen-bond donors (Lipinski definition) is 2. The normalized spacial score (nSPS) is 20.8. The van der Waals surface area contributed by atoms with Gasteiger partial charge in [-0.25, -0.2) is 4.39 Å². The summed E-state index contributed by atoms with van der Waals surface area (Å²) in [6.07, 6.45) is -3.20. The number of nitrogens with one attached hydrogen (secondary N) is 1. The smallest absolute Gasteiger partial charge is 0.418 e. The fourth-order valence-corrected chi connectivity index (χ4v) is 5.01. The minimum Gasteiger partial charge on any atom is -0.481 e. The summed E-state index contributed by atoms with van der Waals surface area (Å²) in [7, 11) is 0. The maximum Gasteiger partial charge on any atom is 0.418 e. The third-order valence-electron chi connectivity index (χ3n) is 7.04. The molecule has 0 amide bonds. The van der Waals surface area contributed by atoms with Crippen LogP contribution in [0.2, 0.25) is 0 Å². The van der Waals surface area contributed by atoms with Crippen LogP contribution in [0.25, 0.3) is 22.8 Å². The molecule has 2 aliphatic rings. The summed E-state index contributed by atoms with van der Waals surface area (Å²) < 4.78 is 60.5. The molecule has 7 nitrogen and oxygen atoms in total. The molecular weight excluding hydrogens is 492 g/mol. The van der Waals surface area contributed by atoms with Crippen molar-refractivity contribution in [2.45, 2.75) is 50.5 Å². The lowest BCUT2D eigenvalue weighted by molar-refractivity contribution is -0.141. The summed E-state index contributed by atoms with van der Waals surface area (Å²) in [6, 6.07) is 11.1. The van der Waals surface area contributed by atoms with Crippen molar-refractivity contribution in [3.8, 4) is 22.8 Å². The average Bonchev–Trinajstić information content (AvgIpc) is 3.55. The molecule has 2 aromatic carbocycles. The molecule has 2 N–H and O–H groups in total. The Hall–Kier alpha value is -3.63. The van der Waals surface area contributed by atoms with Gasteiger partial charge in [-0.2, -0.15) is 18.2 Å². The number of aromatic nitrogens is 2. The number of nitrogens with zero attached hydrogens (tertiary/aromatic N) is 3. The van der Waals surface area contributed by atoms with Gasteiger partial charge in [-0.15, -0.1) is 0 Å². The van der Waals surface area contributed by atoms with E-state index in [4.69, 9.17) is 9.63 Å². The Kier molecular flexibility index (Phi) is 6.78. The van der Waals surface area contributed by atoms with Crippen molar-refractivity contribution in [3.05, 3.63) is 48.0 Å². The van der Waals surface area contributed by atoms with Gasteiger partial charge in [0.2, 0.25) is 5.82 Å². The van der Waals surface area contributed by atoms with Gasteiger partial charge in [-0.3, -0.25) is 4.79 Å². The minimum atomic E-state index is -4.60. The molecule has 11 heteroatoms. The fourth-order valence-electron chi connectivity index (χ4n) is 5.01. The molecule has 0 spiro atoms. The summed E-state index contributed by atoms with van der Waals surface area (Å²) in [5.41, 5.74) is 0.787. The molecule has 1 saturated carbocycles. The number of anilines is 2. The molecule has 2 atom stereocenters. The van der Waals surface area contributed by atoms with Crippen molar-refractivity contribution < 1.29 is 32.0 Å². The van der Waals surface area contributed by atoms with Crippen molar-refractivity contribution in [3.63, 3.8) is 0 Å². The van der Waals surface area contributed by atoms with Gasteiger partial charge in [-0.1, -0.05) is 5.16 Å². The first kappa shape index (κ1) is 25.0. The molecule has 1 aliphatic carbocycles. The Bertz CT molecular complexity index is 1250. The molecule has 0 radical (unpaired) electrons. The van der Waals surface area contributed by atoms with E-state index in [9.17, 15) is 22.4 Å². The van der Waals surface area contributed by atoms with Crippen LogP contribution in [0.1, 0.15) is 37.7 Å². The highest BCUT2D eigenvalue weighted by atomic mass is 19.4. The number of piperidine rings is 1. The van der Waals surface area contributed by atoms with Gasteiger partial charge in [0.25, 0.3) is 5.89 Å². The second-order valence-electron chi connectivity index (χ2n) is 9.58. The largest absolute Gasteiger partial charge is 0.481 e. The van der Waals surface area contributed by atoms with E-state index in [0.29, 0.717) is 18.4 Å². The fraction of sp³-hybridized carbons (Fsp3) is 0.423. The van der Waals surface area contributed by atoms with Crippen molar-refractivity contribution >= 4 is 17.3 Å². The van der Waals surface area contributed by atoms with Crippen LogP contribution in [-0.4, -0.2) is 46.5 Å². The molecule has 1 saturated heterocycles. The first-order chi connectivity index (χ1) is 17.7. The molecule has 0 bridgehead atoms. The van der Waals surface area contributed by atoms with Crippen LogP contribution in [0.4, 0.5) is 28.9 Å². The molecule has 37 heavy (non-hydrogen) atoms. The average molecular weight is 519 g/mol. The third-order valence-corrected chi connectivity index (χ3v) is 7.04. The molecular formula is C26H26F4N4O3. The summed E-state index contributed by atoms with van der Waals surface area (Å²) in [4.78, 5) is 17.0. The van der Waals surface area contributed by atoms with Gasteiger partial charge >= 0.3 is 12.1 Å². The van der Waals surface area contributed by atoms with Crippen LogP contribution in [0.15, 0.2) is 47.0 Å². The quantitative estimate of drug-likeness (QED) is 0.385. The Balaban J connectivity index is 1.32. The predicted molar refractivity (Wildman–Crippen MR) is 129 cm³/mol. The van der Waals surface area contributed by atoms with Crippen LogP contribution in [-0.2, 0) is 11.0 Å². The third kappa shape index (κ3) is 5.55. The lowest BCUT2D eigenvalue weighted by Gasteiger charge is -2.32. The lowest BCUT2D eigenvalue weighted by atomic mass is 10.0. The molecule has 3 aromatic rings. The first-order valence-corrected chi connectivity index (χ1v) is 12.2. The number of rotatable bonds is 6. The second-order valence-corrected chi connectivity index (χ2v) is 9.58. The minimum absolute atomic E-state index is 0.0203. The highest BCUT2D eigenvalue weighted by Crippen LogP contribution is 2.40. The number of hydrogen-bond acceptors (Lipinski definition) is 6. The summed E-state index contributed by atoms with van der Waals surface area (Å²) in [6.45, 7) is 0.448. The van der Waals surface area contributed by atoms with Crippen molar-refractivity contribution in [1.82, 2.24) is 10.1 Å². The van der Waals surface area contributed by atoms with Crippen molar-refractivity contribution in [2.24, 2.45) is 5.92 Å². The Morgan fingerprint density at radius 1 is 1.03 bits per heavy atom. The van der Waals surface area contributed by atoms with E-state index in [-0.39, 0.29) is 60.9 Å². The predicted octanol–water partition coefficient (Wildman–Crippen LogP) is 6.03. The number of halogens is 4. The highest BCUT2D eigenvalue weighted by molar-refractivity contribution is 5.71. The maximum absolute atomic E-state index is 13.9. The summed E-state index contributed by atoms with van der Waals surface area (Å²) in [5.74, 6) is -0.911.